The zero-order valence-electron chi connectivity index (χ0n) is 9.96. The van der Waals surface area contributed by atoms with Crippen molar-refractivity contribution in [1.29, 1.82) is 0 Å². The molecule has 0 saturated carbocycles. The molecule has 0 aromatic rings. The fraction of sp³-hybridized carbons (Fsp3) is 0.750. The summed E-state index contributed by atoms with van der Waals surface area (Å²) in [6, 6.07) is 0. The summed E-state index contributed by atoms with van der Waals surface area (Å²) in [5.41, 5.74) is -0.379. The Balaban J connectivity index is 4.20. The van der Waals surface area contributed by atoms with Crippen LogP contribution in [0.15, 0.2) is 12.2 Å². The van der Waals surface area contributed by atoms with Gasteiger partial charge in [-0.1, -0.05) is 19.1 Å². The molecule has 14 heavy (non-hydrogen) atoms. The second kappa shape index (κ2) is 5.84. The summed E-state index contributed by atoms with van der Waals surface area (Å²) >= 11 is 0. The average Bonchev–Trinajstić information content (AvgIpc) is 2.16. The molecule has 0 aromatic heterocycles. The molecule has 0 rings (SSSR count). The summed E-state index contributed by atoms with van der Waals surface area (Å²) in [6.45, 7) is 7.99. The van der Waals surface area contributed by atoms with E-state index in [0.717, 1.165) is 12.8 Å². The number of rotatable bonds is 5. The lowest BCUT2D eigenvalue weighted by atomic mass is 9.77. The quantitative estimate of drug-likeness (QED) is 0.501. The SMILES string of the molecule is C/C=C/CCC(C)C(C)(C)C(=O)OC. The topological polar surface area (TPSA) is 26.3 Å². The molecule has 0 aliphatic rings. The Morgan fingerprint density at radius 2 is 2.07 bits per heavy atom. The van der Waals surface area contributed by atoms with Crippen molar-refractivity contribution in [3.63, 3.8) is 0 Å². The molecule has 0 aliphatic heterocycles. The first-order valence-corrected chi connectivity index (χ1v) is 5.16. The van der Waals surface area contributed by atoms with Gasteiger partial charge in [-0.25, -0.2) is 0 Å². The summed E-state index contributed by atoms with van der Waals surface area (Å²) < 4.78 is 4.79. The molecule has 1 unspecified atom stereocenters. The third-order valence-electron chi connectivity index (χ3n) is 2.95. The first-order valence-electron chi connectivity index (χ1n) is 5.16. The molecule has 0 saturated heterocycles. The minimum atomic E-state index is -0.379. The third-order valence-corrected chi connectivity index (χ3v) is 2.95. The second-order valence-corrected chi connectivity index (χ2v) is 4.26. The van der Waals surface area contributed by atoms with E-state index in [0.29, 0.717) is 5.92 Å². The Morgan fingerprint density at radius 3 is 2.50 bits per heavy atom. The van der Waals surface area contributed by atoms with Gasteiger partial charge in [0.15, 0.2) is 0 Å². The van der Waals surface area contributed by atoms with Gasteiger partial charge in [-0.2, -0.15) is 0 Å². The predicted octanol–water partition coefficient (Wildman–Crippen LogP) is 3.18. The van der Waals surface area contributed by atoms with Gasteiger partial charge in [-0.15, -0.1) is 0 Å². The van der Waals surface area contributed by atoms with E-state index < -0.39 is 0 Å². The number of methoxy groups -OCH3 is 1. The Bertz CT molecular complexity index is 204. The Morgan fingerprint density at radius 1 is 1.50 bits per heavy atom. The number of hydrogen-bond donors (Lipinski definition) is 0. The number of esters is 1. The highest BCUT2D eigenvalue weighted by atomic mass is 16.5. The van der Waals surface area contributed by atoms with Gasteiger partial charge in [-0.3, -0.25) is 4.79 Å². The molecule has 0 fully saturated rings. The highest BCUT2D eigenvalue weighted by Crippen LogP contribution is 2.31. The minimum absolute atomic E-state index is 0.120. The molecule has 82 valence electrons. The smallest absolute Gasteiger partial charge is 0.311 e. The maximum Gasteiger partial charge on any atom is 0.311 e. The van der Waals surface area contributed by atoms with Gasteiger partial charge in [0.2, 0.25) is 0 Å². The van der Waals surface area contributed by atoms with Crippen molar-refractivity contribution in [3.8, 4) is 0 Å². The number of carbonyl (C=O) groups is 1. The standard InChI is InChI=1S/C12H22O2/c1-6-7-8-9-10(2)12(3,4)11(13)14-5/h6-7,10H,8-9H2,1-5H3/b7-6+. The third kappa shape index (κ3) is 3.52. The van der Waals surface area contributed by atoms with E-state index in [1.165, 1.54) is 7.11 Å². The monoisotopic (exact) mass is 198 g/mol. The van der Waals surface area contributed by atoms with Gasteiger partial charge < -0.3 is 4.74 Å². The maximum atomic E-state index is 11.5. The van der Waals surface area contributed by atoms with E-state index in [9.17, 15) is 4.79 Å². The average molecular weight is 198 g/mol. The zero-order chi connectivity index (χ0) is 11.2. The highest BCUT2D eigenvalue weighted by Gasteiger charge is 2.34. The van der Waals surface area contributed by atoms with Crippen LogP contribution in [0, 0.1) is 11.3 Å². The Labute approximate surface area is 87.3 Å². The van der Waals surface area contributed by atoms with E-state index in [4.69, 9.17) is 4.74 Å². The van der Waals surface area contributed by atoms with Crippen molar-refractivity contribution in [3.05, 3.63) is 12.2 Å². The van der Waals surface area contributed by atoms with Crippen LogP contribution in [-0.2, 0) is 9.53 Å². The molecular weight excluding hydrogens is 176 g/mol. The zero-order valence-corrected chi connectivity index (χ0v) is 9.96. The van der Waals surface area contributed by atoms with Crippen LogP contribution in [0.4, 0.5) is 0 Å². The Kier molecular flexibility index (Phi) is 5.51. The fourth-order valence-corrected chi connectivity index (χ4v) is 1.34. The van der Waals surface area contributed by atoms with E-state index in [1.807, 2.05) is 26.8 Å². The summed E-state index contributed by atoms with van der Waals surface area (Å²) in [6.07, 6.45) is 6.21. The van der Waals surface area contributed by atoms with Crippen LogP contribution in [0.5, 0.6) is 0 Å². The van der Waals surface area contributed by atoms with Crippen LogP contribution >= 0.6 is 0 Å². The van der Waals surface area contributed by atoms with Gasteiger partial charge in [0, 0.05) is 0 Å². The Hall–Kier alpha value is -0.790. The van der Waals surface area contributed by atoms with Crippen molar-refractivity contribution < 1.29 is 9.53 Å². The van der Waals surface area contributed by atoms with Crippen molar-refractivity contribution in [2.45, 2.75) is 40.5 Å². The van der Waals surface area contributed by atoms with Crippen LogP contribution in [0.25, 0.3) is 0 Å². The summed E-state index contributed by atoms with van der Waals surface area (Å²) in [7, 11) is 1.45. The van der Waals surface area contributed by atoms with Crippen molar-refractivity contribution in [1.82, 2.24) is 0 Å². The molecule has 0 bridgehead atoms. The van der Waals surface area contributed by atoms with Gasteiger partial charge in [0.05, 0.1) is 12.5 Å². The van der Waals surface area contributed by atoms with Gasteiger partial charge in [0.1, 0.15) is 0 Å². The number of hydrogen-bond acceptors (Lipinski definition) is 2. The lowest BCUT2D eigenvalue weighted by molar-refractivity contribution is -0.153. The van der Waals surface area contributed by atoms with Crippen LogP contribution in [0.1, 0.15) is 40.5 Å². The molecule has 0 radical (unpaired) electrons. The lowest BCUT2D eigenvalue weighted by Crippen LogP contribution is -2.32. The first-order chi connectivity index (χ1) is 6.46. The maximum absolute atomic E-state index is 11.5. The molecule has 2 heteroatoms. The van der Waals surface area contributed by atoms with E-state index in [2.05, 4.69) is 13.0 Å². The van der Waals surface area contributed by atoms with Crippen molar-refractivity contribution >= 4 is 5.97 Å². The second-order valence-electron chi connectivity index (χ2n) is 4.26. The molecule has 0 amide bonds. The van der Waals surface area contributed by atoms with E-state index >= 15 is 0 Å². The summed E-state index contributed by atoms with van der Waals surface area (Å²) in [5, 5.41) is 0. The van der Waals surface area contributed by atoms with Crippen molar-refractivity contribution in [2.75, 3.05) is 7.11 Å². The largest absolute Gasteiger partial charge is 0.469 e. The minimum Gasteiger partial charge on any atom is -0.469 e. The van der Waals surface area contributed by atoms with Crippen LogP contribution in [0.3, 0.4) is 0 Å². The highest BCUT2D eigenvalue weighted by molar-refractivity contribution is 5.76. The predicted molar refractivity (Wildman–Crippen MR) is 59.0 cm³/mol. The molecule has 0 spiro atoms. The van der Waals surface area contributed by atoms with E-state index in [1.54, 1.807) is 0 Å². The van der Waals surface area contributed by atoms with Gasteiger partial charge >= 0.3 is 5.97 Å². The van der Waals surface area contributed by atoms with Crippen molar-refractivity contribution in [2.24, 2.45) is 11.3 Å². The first kappa shape index (κ1) is 13.2. The molecule has 0 N–H and O–H groups in total. The molecular formula is C12H22O2. The molecule has 0 aromatic carbocycles. The molecule has 0 aliphatic carbocycles. The fourth-order valence-electron chi connectivity index (χ4n) is 1.34. The van der Waals surface area contributed by atoms with Crippen LogP contribution in [-0.4, -0.2) is 13.1 Å². The normalized spacial score (nSPS) is 14.4. The molecule has 0 heterocycles. The van der Waals surface area contributed by atoms with Gasteiger partial charge in [0.25, 0.3) is 0 Å². The van der Waals surface area contributed by atoms with Crippen LogP contribution in [0.2, 0.25) is 0 Å². The lowest BCUT2D eigenvalue weighted by Gasteiger charge is -2.28. The molecule has 2 nitrogen and oxygen atoms in total. The number of ether oxygens (including phenoxy) is 1. The van der Waals surface area contributed by atoms with Gasteiger partial charge in [-0.05, 0) is 39.5 Å². The number of allylic oxidation sites excluding steroid dienone is 2. The number of carbonyl (C=O) groups excluding carboxylic acids is 1. The molecule has 1 atom stereocenters. The summed E-state index contributed by atoms with van der Waals surface area (Å²) in [5.74, 6) is 0.219. The van der Waals surface area contributed by atoms with Crippen LogP contribution < -0.4 is 0 Å². The summed E-state index contributed by atoms with van der Waals surface area (Å²) in [4.78, 5) is 11.5. The van der Waals surface area contributed by atoms with E-state index in [-0.39, 0.29) is 11.4 Å².